The number of nitrogens with one attached hydrogen (secondary N) is 1. The third-order valence-electron chi connectivity index (χ3n) is 4.16. The zero-order valence-electron chi connectivity index (χ0n) is 11.6. The maximum absolute atomic E-state index is 5.77. The number of rotatable bonds is 5. The topological polar surface area (TPSA) is 51.0 Å². The smallest absolute Gasteiger partial charge is 0.247 e. The molecule has 1 saturated carbocycles. The Morgan fingerprint density at radius 3 is 2.95 bits per heavy atom. The molecular weight excluding hydrogens is 250 g/mol. The summed E-state index contributed by atoms with van der Waals surface area (Å²) in [5.74, 6) is 1.38. The molecule has 0 aliphatic heterocycles. The minimum atomic E-state index is 0.654. The highest BCUT2D eigenvalue weighted by molar-refractivity contribution is 5.56. The van der Waals surface area contributed by atoms with Crippen LogP contribution in [-0.4, -0.2) is 22.8 Å². The number of nitrogens with zero attached hydrogens (tertiary/aromatic N) is 2. The monoisotopic (exact) mass is 269 g/mol. The van der Waals surface area contributed by atoms with Crippen LogP contribution in [0.3, 0.4) is 0 Å². The van der Waals surface area contributed by atoms with Gasteiger partial charge in [0.05, 0.1) is 0 Å². The predicted octanol–water partition coefficient (Wildman–Crippen LogP) is 2.52. The second-order valence-electron chi connectivity index (χ2n) is 5.82. The van der Waals surface area contributed by atoms with Crippen LogP contribution in [0.2, 0.25) is 0 Å². The number of hydrogen-bond donors (Lipinski definition) is 1. The van der Waals surface area contributed by atoms with Crippen LogP contribution in [0.5, 0.6) is 0 Å². The van der Waals surface area contributed by atoms with Gasteiger partial charge in [-0.25, -0.2) is 0 Å². The van der Waals surface area contributed by atoms with E-state index < -0.39 is 0 Å². The Labute approximate surface area is 118 Å². The van der Waals surface area contributed by atoms with E-state index in [1.54, 1.807) is 0 Å². The molecule has 1 aromatic carbocycles. The molecule has 1 aromatic heterocycles. The number of fused-ring (bicyclic) bond motifs is 1. The highest BCUT2D eigenvalue weighted by atomic mass is 16.4. The van der Waals surface area contributed by atoms with Crippen molar-refractivity contribution in [1.29, 1.82) is 0 Å². The highest BCUT2D eigenvalue weighted by Gasteiger charge is 2.20. The van der Waals surface area contributed by atoms with Crippen LogP contribution in [0.15, 0.2) is 22.6 Å². The molecular formula is C16H19N3O. The van der Waals surface area contributed by atoms with Gasteiger partial charge in [-0.05, 0) is 55.4 Å². The average Bonchev–Trinajstić information content (AvgIpc) is 2.99. The lowest BCUT2D eigenvalue weighted by Crippen LogP contribution is -2.19. The average molecular weight is 269 g/mol. The summed E-state index contributed by atoms with van der Waals surface area (Å²) in [6.45, 7) is 0.927. The lowest BCUT2D eigenvalue weighted by atomic mass is 10.1. The van der Waals surface area contributed by atoms with Crippen molar-refractivity contribution in [2.75, 3.05) is 6.54 Å². The summed E-state index contributed by atoms with van der Waals surface area (Å²) in [7, 11) is 0. The minimum Gasteiger partial charge on any atom is -0.421 e. The quantitative estimate of drug-likeness (QED) is 0.906. The Morgan fingerprint density at radius 1 is 1.15 bits per heavy atom. The SMILES string of the molecule is c1cc2c(cc1-c1nnc(CCNC3CC3)o1)CCC2. The summed E-state index contributed by atoms with van der Waals surface area (Å²) in [5.41, 5.74) is 3.97. The number of benzene rings is 1. The van der Waals surface area contributed by atoms with E-state index >= 15 is 0 Å². The molecule has 2 aliphatic rings. The first-order chi connectivity index (χ1) is 9.88. The Kier molecular flexibility index (Phi) is 3.03. The molecule has 0 unspecified atom stereocenters. The molecule has 2 aliphatic carbocycles. The number of aromatic nitrogens is 2. The summed E-state index contributed by atoms with van der Waals surface area (Å²) in [6.07, 6.45) is 7.08. The lowest BCUT2D eigenvalue weighted by molar-refractivity contribution is 0.494. The second-order valence-corrected chi connectivity index (χ2v) is 5.82. The van der Waals surface area contributed by atoms with Crippen LogP contribution >= 0.6 is 0 Å². The van der Waals surface area contributed by atoms with E-state index in [-0.39, 0.29) is 0 Å². The van der Waals surface area contributed by atoms with Gasteiger partial charge in [0, 0.05) is 24.6 Å². The van der Waals surface area contributed by atoms with Crippen molar-refractivity contribution >= 4 is 0 Å². The minimum absolute atomic E-state index is 0.654. The Hall–Kier alpha value is -1.68. The first-order valence-corrected chi connectivity index (χ1v) is 7.56. The standard InChI is InChI=1S/C16H19N3O/c1-2-11-4-5-13(10-12(11)3-1)16-19-18-15(20-16)8-9-17-14-6-7-14/h4-5,10,14,17H,1-3,6-9H2. The molecule has 1 N–H and O–H groups in total. The summed E-state index contributed by atoms with van der Waals surface area (Å²) in [5, 5.41) is 11.8. The number of aryl methyl sites for hydroxylation is 2. The molecule has 0 radical (unpaired) electrons. The summed E-state index contributed by atoms with van der Waals surface area (Å²) < 4.78 is 5.77. The van der Waals surface area contributed by atoms with Gasteiger partial charge in [0.25, 0.3) is 0 Å². The van der Waals surface area contributed by atoms with Gasteiger partial charge in [0.1, 0.15) is 0 Å². The van der Waals surface area contributed by atoms with Crippen molar-refractivity contribution < 1.29 is 4.42 Å². The maximum Gasteiger partial charge on any atom is 0.247 e. The van der Waals surface area contributed by atoms with Crippen molar-refractivity contribution in [3.63, 3.8) is 0 Å². The summed E-state index contributed by atoms with van der Waals surface area (Å²) in [4.78, 5) is 0. The van der Waals surface area contributed by atoms with Crippen LogP contribution in [-0.2, 0) is 19.3 Å². The van der Waals surface area contributed by atoms with Crippen molar-refractivity contribution in [2.24, 2.45) is 0 Å². The fraction of sp³-hybridized carbons (Fsp3) is 0.500. The van der Waals surface area contributed by atoms with Gasteiger partial charge in [0.2, 0.25) is 11.8 Å². The van der Waals surface area contributed by atoms with Gasteiger partial charge in [-0.1, -0.05) is 6.07 Å². The van der Waals surface area contributed by atoms with Gasteiger partial charge in [-0.15, -0.1) is 10.2 Å². The van der Waals surface area contributed by atoms with E-state index in [4.69, 9.17) is 4.42 Å². The maximum atomic E-state index is 5.77. The van der Waals surface area contributed by atoms with Crippen LogP contribution in [0.25, 0.3) is 11.5 Å². The largest absolute Gasteiger partial charge is 0.421 e. The molecule has 0 atom stereocenters. The van der Waals surface area contributed by atoms with E-state index in [1.165, 1.54) is 43.2 Å². The fourth-order valence-corrected chi connectivity index (χ4v) is 2.85. The van der Waals surface area contributed by atoms with E-state index in [0.29, 0.717) is 5.89 Å². The Bertz CT molecular complexity index is 616. The van der Waals surface area contributed by atoms with Gasteiger partial charge in [0.15, 0.2) is 0 Å². The van der Waals surface area contributed by atoms with Crippen LogP contribution < -0.4 is 5.32 Å². The van der Waals surface area contributed by atoms with Crippen molar-refractivity contribution in [3.05, 3.63) is 35.2 Å². The first-order valence-electron chi connectivity index (χ1n) is 7.56. The third-order valence-corrected chi connectivity index (χ3v) is 4.16. The highest BCUT2D eigenvalue weighted by Crippen LogP contribution is 2.27. The van der Waals surface area contributed by atoms with E-state index in [9.17, 15) is 0 Å². The normalized spacial score (nSPS) is 17.4. The molecule has 0 saturated heterocycles. The third kappa shape index (κ3) is 2.48. The molecule has 104 valence electrons. The predicted molar refractivity (Wildman–Crippen MR) is 76.5 cm³/mol. The molecule has 0 bridgehead atoms. The Balaban J connectivity index is 1.46. The summed E-state index contributed by atoms with van der Waals surface area (Å²) in [6, 6.07) is 7.25. The lowest BCUT2D eigenvalue weighted by Gasteiger charge is -2.01. The molecule has 1 heterocycles. The zero-order valence-corrected chi connectivity index (χ0v) is 11.6. The van der Waals surface area contributed by atoms with Gasteiger partial charge in [-0.2, -0.15) is 0 Å². The molecule has 20 heavy (non-hydrogen) atoms. The van der Waals surface area contributed by atoms with Crippen LogP contribution in [0.1, 0.15) is 36.3 Å². The summed E-state index contributed by atoms with van der Waals surface area (Å²) >= 11 is 0. The van der Waals surface area contributed by atoms with Crippen molar-refractivity contribution in [3.8, 4) is 11.5 Å². The van der Waals surface area contributed by atoms with Crippen molar-refractivity contribution in [2.45, 2.75) is 44.6 Å². The molecule has 4 rings (SSSR count). The molecule has 4 heteroatoms. The number of hydrogen-bond acceptors (Lipinski definition) is 4. The van der Waals surface area contributed by atoms with E-state index in [2.05, 4.69) is 33.7 Å². The molecule has 1 fully saturated rings. The zero-order chi connectivity index (χ0) is 13.4. The second kappa shape index (κ2) is 5.02. The van der Waals surface area contributed by atoms with E-state index in [0.717, 1.165) is 30.5 Å². The van der Waals surface area contributed by atoms with Gasteiger partial charge < -0.3 is 9.73 Å². The van der Waals surface area contributed by atoms with Crippen molar-refractivity contribution in [1.82, 2.24) is 15.5 Å². The fourth-order valence-electron chi connectivity index (χ4n) is 2.85. The van der Waals surface area contributed by atoms with Gasteiger partial charge in [-0.3, -0.25) is 0 Å². The first kappa shape index (κ1) is 12.1. The molecule has 0 spiro atoms. The Morgan fingerprint density at radius 2 is 2.05 bits per heavy atom. The van der Waals surface area contributed by atoms with Crippen LogP contribution in [0, 0.1) is 0 Å². The molecule has 0 amide bonds. The molecule has 4 nitrogen and oxygen atoms in total. The molecule has 2 aromatic rings. The van der Waals surface area contributed by atoms with Gasteiger partial charge >= 0.3 is 0 Å². The van der Waals surface area contributed by atoms with E-state index in [1.807, 2.05) is 0 Å². The van der Waals surface area contributed by atoms with Crippen LogP contribution in [0.4, 0.5) is 0 Å².